The number of hydrogen-bond acceptors (Lipinski definition) is 3. The average molecular weight is 301 g/mol. The molecule has 0 atom stereocenters. The summed E-state index contributed by atoms with van der Waals surface area (Å²) in [5, 5.41) is 0. The molecule has 4 nitrogen and oxygen atoms in total. The van der Waals surface area contributed by atoms with Gasteiger partial charge in [-0.2, -0.15) is 0 Å². The number of hydrogen-bond donors (Lipinski definition) is 0. The SMILES string of the molecule is CC(C)N(Cc1ccccc1)C(=O)C1=CC(=O)CC(C)(C)O1. The highest BCUT2D eigenvalue weighted by Gasteiger charge is 2.34. The summed E-state index contributed by atoms with van der Waals surface area (Å²) in [5.41, 5.74) is 0.415. The molecule has 0 bridgehead atoms. The van der Waals surface area contributed by atoms with E-state index in [2.05, 4.69) is 0 Å². The smallest absolute Gasteiger partial charge is 0.289 e. The third-order valence-corrected chi connectivity index (χ3v) is 3.57. The van der Waals surface area contributed by atoms with Crippen molar-refractivity contribution in [2.75, 3.05) is 0 Å². The van der Waals surface area contributed by atoms with E-state index in [1.54, 1.807) is 4.90 Å². The second kappa shape index (κ2) is 6.34. The van der Waals surface area contributed by atoms with E-state index in [1.165, 1.54) is 6.08 Å². The number of amides is 1. The van der Waals surface area contributed by atoms with Crippen molar-refractivity contribution in [3.63, 3.8) is 0 Å². The topological polar surface area (TPSA) is 46.6 Å². The van der Waals surface area contributed by atoms with Crippen LogP contribution in [0.25, 0.3) is 0 Å². The lowest BCUT2D eigenvalue weighted by molar-refractivity contribution is -0.140. The zero-order chi connectivity index (χ0) is 16.3. The van der Waals surface area contributed by atoms with Crippen LogP contribution in [0.3, 0.4) is 0 Å². The highest BCUT2D eigenvalue weighted by atomic mass is 16.5. The van der Waals surface area contributed by atoms with E-state index in [0.717, 1.165) is 5.56 Å². The summed E-state index contributed by atoms with van der Waals surface area (Å²) in [4.78, 5) is 26.3. The van der Waals surface area contributed by atoms with Crippen LogP contribution >= 0.6 is 0 Å². The molecule has 2 rings (SSSR count). The van der Waals surface area contributed by atoms with Crippen LogP contribution in [0.2, 0.25) is 0 Å². The molecule has 0 saturated carbocycles. The maximum absolute atomic E-state index is 12.8. The summed E-state index contributed by atoms with van der Waals surface area (Å²) in [6.45, 7) is 8.05. The molecule has 1 aromatic rings. The predicted molar refractivity (Wildman–Crippen MR) is 85.0 cm³/mol. The Morgan fingerprint density at radius 2 is 1.91 bits per heavy atom. The Morgan fingerprint density at radius 1 is 1.27 bits per heavy atom. The molecular weight excluding hydrogens is 278 g/mol. The largest absolute Gasteiger partial charge is 0.481 e. The lowest BCUT2D eigenvalue weighted by Crippen LogP contribution is -2.42. The van der Waals surface area contributed by atoms with Gasteiger partial charge in [0.25, 0.3) is 5.91 Å². The molecule has 1 aliphatic rings. The van der Waals surface area contributed by atoms with Crippen LogP contribution < -0.4 is 0 Å². The molecule has 0 spiro atoms. The summed E-state index contributed by atoms with van der Waals surface area (Å²) in [6, 6.07) is 9.81. The predicted octanol–water partition coefficient (Wildman–Crippen LogP) is 3.08. The van der Waals surface area contributed by atoms with Crippen LogP contribution in [-0.2, 0) is 20.9 Å². The van der Waals surface area contributed by atoms with Crippen molar-refractivity contribution in [3.05, 3.63) is 47.7 Å². The van der Waals surface area contributed by atoms with Gasteiger partial charge in [-0.05, 0) is 33.3 Å². The fourth-order valence-electron chi connectivity index (χ4n) is 2.50. The Kier molecular flexibility index (Phi) is 4.69. The Bertz CT molecular complexity index is 588. The monoisotopic (exact) mass is 301 g/mol. The molecule has 118 valence electrons. The molecule has 0 unspecified atom stereocenters. The zero-order valence-corrected chi connectivity index (χ0v) is 13.6. The fraction of sp³-hybridized carbons (Fsp3) is 0.444. The van der Waals surface area contributed by atoms with Gasteiger partial charge in [0.05, 0.1) is 0 Å². The highest BCUT2D eigenvalue weighted by molar-refractivity contribution is 6.01. The third kappa shape index (κ3) is 3.97. The van der Waals surface area contributed by atoms with Crippen LogP contribution in [-0.4, -0.2) is 28.2 Å². The molecule has 22 heavy (non-hydrogen) atoms. The van der Waals surface area contributed by atoms with Crippen molar-refractivity contribution in [1.82, 2.24) is 4.90 Å². The molecule has 1 aliphatic heterocycles. The van der Waals surface area contributed by atoms with Gasteiger partial charge < -0.3 is 9.64 Å². The number of allylic oxidation sites excluding steroid dienone is 1. The quantitative estimate of drug-likeness (QED) is 0.858. The van der Waals surface area contributed by atoms with E-state index < -0.39 is 5.60 Å². The van der Waals surface area contributed by atoms with Crippen molar-refractivity contribution in [2.45, 2.75) is 52.3 Å². The second-order valence-electron chi connectivity index (χ2n) is 6.53. The maximum atomic E-state index is 12.8. The molecule has 0 aliphatic carbocycles. The first-order chi connectivity index (χ1) is 10.3. The summed E-state index contributed by atoms with van der Waals surface area (Å²) in [5.74, 6) is -0.158. The first-order valence-electron chi connectivity index (χ1n) is 7.57. The normalized spacial score (nSPS) is 17.0. The van der Waals surface area contributed by atoms with Crippen molar-refractivity contribution < 1.29 is 14.3 Å². The van der Waals surface area contributed by atoms with Gasteiger partial charge in [-0.3, -0.25) is 9.59 Å². The first kappa shape index (κ1) is 16.3. The van der Waals surface area contributed by atoms with Crippen LogP contribution in [0, 0.1) is 0 Å². The minimum Gasteiger partial charge on any atom is -0.481 e. The first-order valence-corrected chi connectivity index (χ1v) is 7.57. The minimum absolute atomic E-state index is 0.0114. The van der Waals surface area contributed by atoms with Gasteiger partial charge in [0.1, 0.15) is 5.60 Å². The Balaban J connectivity index is 2.22. The number of ether oxygens (including phenoxy) is 1. The zero-order valence-electron chi connectivity index (χ0n) is 13.6. The Labute approximate surface area is 131 Å². The molecule has 4 heteroatoms. The molecule has 0 fully saturated rings. The molecule has 0 saturated heterocycles. The van der Waals surface area contributed by atoms with Gasteiger partial charge in [-0.1, -0.05) is 30.3 Å². The average Bonchev–Trinajstić information content (AvgIpc) is 2.42. The van der Waals surface area contributed by atoms with E-state index in [0.29, 0.717) is 13.0 Å². The lowest BCUT2D eigenvalue weighted by Gasteiger charge is -2.34. The van der Waals surface area contributed by atoms with E-state index in [-0.39, 0.29) is 23.5 Å². The standard InChI is InChI=1S/C18H23NO3/c1-13(2)19(12-14-8-6-5-7-9-14)17(21)16-10-15(20)11-18(3,4)22-16/h5-10,13H,11-12H2,1-4H3. The Hall–Kier alpha value is -2.10. The van der Waals surface area contributed by atoms with Crippen molar-refractivity contribution in [2.24, 2.45) is 0 Å². The van der Waals surface area contributed by atoms with Crippen molar-refractivity contribution >= 4 is 11.7 Å². The van der Waals surface area contributed by atoms with Crippen LogP contribution in [0.1, 0.15) is 39.7 Å². The van der Waals surface area contributed by atoms with Gasteiger partial charge in [0.2, 0.25) is 0 Å². The van der Waals surface area contributed by atoms with Crippen LogP contribution in [0.15, 0.2) is 42.2 Å². The molecule has 0 N–H and O–H groups in total. The van der Waals surface area contributed by atoms with E-state index >= 15 is 0 Å². The molecule has 1 aromatic carbocycles. The molecule has 0 aromatic heterocycles. The summed E-state index contributed by atoms with van der Waals surface area (Å²) in [6.07, 6.45) is 1.62. The number of ketones is 1. The minimum atomic E-state index is -0.633. The van der Waals surface area contributed by atoms with Gasteiger partial charge >= 0.3 is 0 Å². The van der Waals surface area contributed by atoms with Gasteiger partial charge in [0, 0.05) is 25.1 Å². The molecular formula is C18H23NO3. The number of benzene rings is 1. The fourth-order valence-corrected chi connectivity index (χ4v) is 2.50. The van der Waals surface area contributed by atoms with E-state index in [1.807, 2.05) is 58.0 Å². The lowest BCUT2D eigenvalue weighted by atomic mass is 9.98. The van der Waals surface area contributed by atoms with Crippen LogP contribution in [0.4, 0.5) is 0 Å². The van der Waals surface area contributed by atoms with Crippen molar-refractivity contribution in [3.8, 4) is 0 Å². The van der Waals surface area contributed by atoms with Gasteiger partial charge in [-0.15, -0.1) is 0 Å². The van der Waals surface area contributed by atoms with E-state index in [4.69, 9.17) is 4.74 Å². The second-order valence-corrected chi connectivity index (χ2v) is 6.53. The Morgan fingerprint density at radius 3 is 2.45 bits per heavy atom. The third-order valence-electron chi connectivity index (χ3n) is 3.57. The molecule has 1 amide bonds. The van der Waals surface area contributed by atoms with Crippen LogP contribution in [0.5, 0.6) is 0 Å². The summed E-state index contributed by atoms with van der Waals surface area (Å²) >= 11 is 0. The molecule has 1 heterocycles. The summed E-state index contributed by atoms with van der Waals surface area (Å²) in [7, 11) is 0. The number of rotatable bonds is 4. The van der Waals surface area contributed by atoms with Crippen molar-refractivity contribution in [1.29, 1.82) is 0 Å². The number of carbonyl (C=O) groups excluding carboxylic acids is 2. The number of carbonyl (C=O) groups is 2. The molecule has 0 radical (unpaired) electrons. The highest BCUT2D eigenvalue weighted by Crippen LogP contribution is 2.26. The van der Waals surface area contributed by atoms with Gasteiger partial charge in [0.15, 0.2) is 11.5 Å². The maximum Gasteiger partial charge on any atom is 0.289 e. The number of nitrogens with zero attached hydrogens (tertiary/aromatic N) is 1. The van der Waals surface area contributed by atoms with E-state index in [9.17, 15) is 9.59 Å². The summed E-state index contributed by atoms with van der Waals surface area (Å²) < 4.78 is 5.72. The van der Waals surface area contributed by atoms with Gasteiger partial charge in [-0.25, -0.2) is 0 Å².